The van der Waals surface area contributed by atoms with Crippen LogP contribution in [-0.4, -0.2) is 63.9 Å². The number of alkyl halides is 1. The molecule has 0 aliphatic carbocycles. The van der Waals surface area contributed by atoms with Gasteiger partial charge in [0, 0.05) is 11.0 Å². The number of hydrogen-bond donors (Lipinski definition) is 5. The molecule has 1 aliphatic heterocycles. The number of aliphatic hydroxyl groups is 1. The molecule has 0 aromatic carbocycles. The van der Waals surface area contributed by atoms with Crippen LogP contribution >= 0.6 is 23.5 Å². The smallest absolute Gasteiger partial charge is 0.387 e. The number of azide groups is 1. The number of phosphoric ester groups is 1. The van der Waals surface area contributed by atoms with Gasteiger partial charge >= 0.3 is 23.5 Å². The minimum absolute atomic E-state index is 0.159. The summed E-state index contributed by atoms with van der Waals surface area (Å²) in [7, 11) is -17.3. The number of aromatic nitrogens is 3. The number of aliphatic hydroxyl groups excluding tert-OH is 1. The Bertz CT molecular complexity index is 1330. The Morgan fingerprint density at radius 1 is 1.29 bits per heavy atom. The zero-order chi connectivity index (χ0) is 26.4. The maximum absolute atomic E-state index is 15.1. The molecule has 0 saturated carbocycles. The lowest BCUT2D eigenvalue weighted by molar-refractivity contribution is -0.106. The Morgan fingerprint density at radius 2 is 1.94 bits per heavy atom. The Labute approximate surface area is 192 Å². The third-order valence-electron chi connectivity index (χ3n) is 4.46. The van der Waals surface area contributed by atoms with Gasteiger partial charge in [0.2, 0.25) is 0 Å². The summed E-state index contributed by atoms with van der Waals surface area (Å²) in [5.74, 6) is -0.891. The molecule has 3 heterocycles. The molecule has 3 rings (SSSR count). The van der Waals surface area contributed by atoms with Crippen molar-refractivity contribution in [2.75, 3.05) is 6.61 Å². The Balaban J connectivity index is 1.89. The monoisotopic (exact) mass is 566 g/mol. The third kappa shape index (κ3) is 5.93. The topological polar surface area (TPSA) is 268 Å². The molecule has 1 fully saturated rings. The number of aryl methyl sites for hydroxylation is 1. The van der Waals surface area contributed by atoms with Crippen LogP contribution in [0.1, 0.15) is 17.5 Å². The maximum atomic E-state index is 15.1. The highest BCUT2D eigenvalue weighted by molar-refractivity contribution is 7.66. The molecule has 0 spiro atoms. The van der Waals surface area contributed by atoms with E-state index in [1.807, 2.05) is 0 Å². The van der Waals surface area contributed by atoms with Crippen LogP contribution in [0.3, 0.4) is 0 Å². The van der Waals surface area contributed by atoms with Crippen LogP contribution in [0, 0.1) is 12.7 Å². The Hall–Kier alpha value is -1.88. The Kier molecular flexibility index (Phi) is 7.55. The molecule has 2 unspecified atom stereocenters. The van der Waals surface area contributed by atoms with Crippen LogP contribution in [0.2, 0.25) is 0 Å². The molecule has 1 aliphatic rings. The normalized spacial score (nSPS) is 28.4. The largest absolute Gasteiger partial charge is 0.490 e. The summed E-state index contributed by atoms with van der Waals surface area (Å²) in [5.41, 5.74) is 5.72. The summed E-state index contributed by atoms with van der Waals surface area (Å²) in [6.45, 7) is -0.0767. The predicted octanol–water partition coefficient (Wildman–Crippen LogP) is 1.30. The molecule has 2 aromatic heterocycles. The van der Waals surface area contributed by atoms with Crippen molar-refractivity contribution in [3.63, 3.8) is 0 Å². The van der Waals surface area contributed by atoms with E-state index in [4.69, 9.17) is 20.1 Å². The van der Waals surface area contributed by atoms with Gasteiger partial charge in [0.1, 0.15) is 24.1 Å². The second kappa shape index (κ2) is 9.53. The van der Waals surface area contributed by atoms with Gasteiger partial charge in [0.25, 0.3) is 0 Å². The Morgan fingerprint density at radius 3 is 2.54 bits per heavy atom. The van der Waals surface area contributed by atoms with Crippen molar-refractivity contribution in [2.24, 2.45) is 5.11 Å². The van der Waals surface area contributed by atoms with Crippen molar-refractivity contribution in [3.05, 3.63) is 40.0 Å². The molecule has 0 amide bonds. The minimum Gasteiger partial charge on any atom is -0.387 e. The van der Waals surface area contributed by atoms with Gasteiger partial charge in [-0.05, 0) is 12.5 Å². The molecular weight excluding hydrogens is 551 g/mol. The second-order valence-electron chi connectivity index (χ2n) is 6.85. The number of phosphoric acid groups is 3. The average Bonchev–Trinajstić information content (AvgIpc) is 3.15. The first kappa shape index (κ1) is 27.7. The first-order valence-electron chi connectivity index (χ1n) is 8.84. The van der Waals surface area contributed by atoms with Crippen molar-refractivity contribution >= 4 is 29.0 Å². The summed E-state index contributed by atoms with van der Waals surface area (Å²) < 4.78 is 81.1. The van der Waals surface area contributed by atoms with Crippen molar-refractivity contribution in [1.29, 1.82) is 0 Å². The maximum Gasteiger partial charge on any atom is 0.490 e. The van der Waals surface area contributed by atoms with E-state index in [9.17, 15) is 33.0 Å². The minimum atomic E-state index is -5.89. The molecule has 6 atom stereocenters. The van der Waals surface area contributed by atoms with E-state index >= 15 is 4.39 Å². The fourth-order valence-electron chi connectivity index (χ4n) is 3.14. The summed E-state index contributed by atoms with van der Waals surface area (Å²) in [6, 6.07) is 0.801. The van der Waals surface area contributed by atoms with Gasteiger partial charge in [0.15, 0.2) is 17.7 Å². The lowest BCUT2D eigenvalue weighted by Crippen LogP contribution is -2.44. The lowest BCUT2D eigenvalue weighted by Gasteiger charge is -2.27. The molecule has 35 heavy (non-hydrogen) atoms. The molecule has 5 N–H and O–H groups in total. The number of hydrogen-bond acceptors (Lipinski definition) is 11. The van der Waals surface area contributed by atoms with Crippen molar-refractivity contribution in [1.82, 2.24) is 14.6 Å². The second-order valence-corrected chi connectivity index (χ2v) is 11.3. The van der Waals surface area contributed by atoms with Crippen LogP contribution in [0.4, 0.5) is 8.78 Å². The highest BCUT2D eigenvalue weighted by Crippen LogP contribution is 2.66. The van der Waals surface area contributed by atoms with E-state index in [1.54, 1.807) is 0 Å². The van der Waals surface area contributed by atoms with Crippen molar-refractivity contribution in [3.8, 4) is 0 Å². The van der Waals surface area contributed by atoms with E-state index < -0.39 is 60.0 Å². The predicted molar refractivity (Wildman–Crippen MR) is 104 cm³/mol. The van der Waals surface area contributed by atoms with Gasteiger partial charge in [-0.15, -0.1) is 0 Å². The summed E-state index contributed by atoms with van der Waals surface area (Å²) in [6.07, 6.45) is -5.74. The first-order valence-corrected chi connectivity index (χ1v) is 13.4. The van der Waals surface area contributed by atoms with Gasteiger partial charge in [-0.25, -0.2) is 32.0 Å². The fourth-order valence-corrected chi connectivity index (χ4v) is 6.19. The molecular formula is C12H15F2N6O12P3. The van der Waals surface area contributed by atoms with E-state index in [1.165, 1.54) is 6.92 Å². The molecule has 1 saturated heterocycles. The van der Waals surface area contributed by atoms with Crippen LogP contribution in [0.25, 0.3) is 16.0 Å². The first-order chi connectivity index (χ1) is 16.0. The van der Waals surface area contributed by atoms with Gasteiger partial charge in [0.05, 0.1) is 18.0 Å². The average molecular weight is 566 g/mol. The number of nitrogens with zero attached hydrogens (tertiary/aromatic N) is 6. The van der Waals surface area contributed by atoms with Crippen LogP contribution in [0.15, 0.2) is 17.5 Å². The fraction of sp³-hybridized carbons (Fsp3) is 0.500. The highest BCUT2D eigenvalue weighted by atomic mass is 31.3. The standard InChI is InChI=1S/C12H15F2N6O12P3/c1-5-9-6(13)2-7(20(9)17-4-16-5)10-8(14)11(21)12(30-10,18-19-15)3-29-34(25,26)32-35(27,28)31-33(22,23)24/h2,4,8,10-11,21H,3H2,1H3,(H,25,26)(H,27,28)(H2,22,23,24)/t8-,10-,11-,12+/m0/s1. The SMILES string of the molecule is Cc1ncnn2c([C@@H]3O[C@@](COP(=O)(O)OP(=O)(O)OP(=O)(O)O)(N=[N+]=[N-])[C@@H](O)[C@H]3F)cc(F)c12. The molecule has 194 valence electrons. The van der Waals surface area contributed by atoms with E-state index in [0.717, 1.165) is 16.9 Å². The quantitative estimate of drug-likeness (QED) is 0.124. The number of rotatable bonds is 9. The molecule has 2 aromatic rings. The van der Waals surface area contributed by atoms with E-state index in [2.05, 4.69) is 33.3 Å². The summed E-state index contributed by atoms with van der Waals surface area (Å²) >= 11 is 0. The van der Waals surface area contributed by atoms with Gasteiger partial charge < -0.3 is 29.4 Å². The van der Waals surface area contributed by atoms with Crippen molar-refractivity contribution in [2.45, 2.75) is 31.0 Å². The van der Waals surface area contributed by atoms with E-state index in [-0.39, 0.29) is 16.9 Å². The van der Waals surface area contributed by atoms with Crippen molar-refractivity contribution < 1.29 is 65.0 Å². The van der Waals surface area contributed by atoms with Crippen LogP contribution < -0.4 is 0 Å². The zero-order valence-electron chi connectivity index (χ0n) is 17.0. The van der Waals surface area contributed by atoms with Gasteiger partial charge in [-0.2, -0.15) is 13.7 Å². The number of halogens is 2. The van der Waals surface area contributed by atoms with Crippen LogP contribution in [0.5, 0.6) is 0 Å². The van der Waals surface area contributed by atoms with Gasteiger partial charge in [-0.1, -0.05) is 5.11 Å². The summed E-state index contributed by atoms with van der Waals surface area (Å²) in [4.78, 5) is 42.0. The third-order valence-corrected chi connectivity index (χ3v) is 8.24. The molecule has 18 nitrogen and oxygen atoms in total. The van der Waals surface area contributed by atoms with E-state index in [0.29, 0.717) is 0 Å². The zero-order valence-corrected chi connectivity index (χ0v) is 19.7. The summed E-state index contributed by atoms with van der Waals surface area (Å²) in [5, 5.41) is 17.2. The number of ether oxygens (including phenoxy) is 1. The number of fused-ring (bicyclic) bond motifs is 1. The highest BCUT2D eigenvalue weighted by Gasteiger charge is 2.58. The van der Waals surface area contributed by atoms with Crippen LogP contribution in [-0.2, 0) is 31.6 Å². The molecule has 0 radical (unpaired) electrons. The van der Waals surface area contributed by atoms with Gasteiger partial charge in [-0.3, -0.25) is 4.52 Å². The molecule has 23 heteroatoms. The molecule has 0 bridgehead atoms. The lowest BCUT2D eigenvalue weighted by atomic mass is 10.0.